The number of anilines is 1. The van der Waals surface area contributed by atoms with Crippen LogP contribution in [0.2, 0.25) is 0 Å². The van der Waals surface area contributed by atoms with E-state index in [1.165, 1.54) is 5.69 Å². The van der Waals surface area contributed by atoms with Crippen molar-refractivity contribution in [3.8, 4) is 0 Å². The van der Waals surface area contributed by atoms with Gasteiger partial charge in [0.05, 0.1) is 0 Å². The van der Waals surface area contributed by atoms with Crippen LogP contribution in [0, 0.1) is 16.5 Å². The van der Waals surface area contributed by atoms with Gasteiger partial charge in [-0.1, -0.05) is 0 Å². The molecule has 0 spiro atoms. The number of nitrogens with zero attached hydrogens (tertiary/aromatic N) is 4. The summed E-state index contributed by atoms with van der Waals surface area (Å²) >= 11 is 2.22. The van der Waals surface area contributed by atoms with Crippen molar-refractivity contribution in [2.45, 2.75) is 13.3 Å². The fourth-order valence-electron chi connectivity index (χ4n) is 2.73. The molecule has 3 rings (SSSR count). The van der Waals surface area contributed by atoms with E-state index < -0.39 is 0 Å². The van der Waals surface area contributed by atoms with Crippen LogP contribution < -0.4 is 5.73 Å². The van der Waals surface area contributed by atoms with E-state index in [0.717, 1.165) is 40.5 Å². The average Bonchev–Trinajstić information content (AvgIpc) is 2.57. The van der Waals surface area contributed by atoms with E-state index in [1.807, 2.05) is 13.1 Å². The molecule has 1 aliphatic heterocycles. The molecule has 18 heavy (non-hydrogen) atoms. The Hall–Kier alpha value is -0.890. The molecule has 1 aliphatic rings. The minimum absolute atomic E-state index is 0.564. The zero-order valence-corrected chi connectivity index (χ0v) is 12.7. The van der Waals surface area contributed by atoms with Crippen LogP contribution >= 0.6 is 22.6 Å². The van der Waals surface area contributed by atoms with Crippen LogP contribution in [0.25, 0.3) is 5.52 Å². The fraction of sp³-hybridized carbons (Fsp3) is 0.500. The van der Waals surface area contributed by atoms with E-state index in [0.29, 0.717) is 5.82 Å². The number of nitrogens with two attached hydrogens (primary N) is 1. The highest BCUT2D eigenvalue weighted by Crippen LogP contribution is 2.24. The third kappa shape index (κ3) is 1.87. The van der Waals surface area contributed by atoms with E-state index in [2.05, 4.69) is 48.9 Å². The molecule has 3 heterocycles. The first-order valence-corrected chi connectivity index (χ1v) is 7.10. The number of rotatable bonds is 2. The third-order valence-corrected chi connectivity index (χ3v) is 4.27. The molecule has 0 saturated carbocycles. The first kappa shape index (κ1) is 12.2. The Labute approximate surface area is 120 Å². The Balaban J connectivity index is 2.04. The van der Waals surface area contributed by atoms with Crippen molar-refractivity contribution in [2.75, 3.05) is 25.9 Å². The largest absolute Gasteiger partial charge is 0.382 e. The van der Waals surface area contributed by atoms with E-state index in [1.54, 1.807) is 0 Å². The molecule has 0 radical (unpaired) electrons. The summed E-state index contributed by atoms with van der Waals surface area (Å²) in [6.45, 7) is 4.35. The van der Waals surface area contributed by atoms with Crippen LogP contribution in [0.5, 0.6) is 0 Å². The van der Waals surface area contributed by atoms with Crippen molar-refractivity contribution in [3.05, 3.63) is 21.4 Å². The van der Waals surface area contributed by atoms with Crippen molar-refractivity contribution < 1.29 is 0 Å². The summed E-state index contributed by atoms with van der Waals surface area (Å²) in [6, 6.07) is 0. The first-order valence-electron chi connectivity index (χ1n) is 6.02. The van der Waals surface area contributed by atoms with E-state index in [-0.39, 0.29) is 0 Å². The van der Waals surface area contributed by atoms with Gasteiger partial charge in [-0.3, -0.25) is 4.40 Å². The van der Waals surface area contributed by atoms with E-state index >= 15 is 0 Å². The summed E-state index contributed by atoms with van der Waals surface area (Å²) in [5, 5.41) is 0. The first-order chi connectivity index (χ1) is 8.56. The Morgan fingerprint density at radius 1 is 1.50 bits per heavy atom. The molecule has 2 aromatic heterocycles. The molecule has 2 N–H and O–H groups in total. The number of nitrogen functional groups attached to an aromatic ring is 1. The van der Waals surface area contributed by atoms with Crippen LogP contribution in [0.4, 0.5) is 5.82 Å². The van der Waals surface area contributed by atoms with Gasteiger partial charge in [0, 0.05) is 25.0 Å². The average molecular weight is 357 g/mol. The van der Waals surface area contributed by atoms with Crippen molar-refractivity contribution in [2.24, 2.45) is 5.92 Å². The highest BCUT2D eigenvalue weighted by atomic mass is 127. The molecule has 0 amide bonds. The zero-order valence-electron chi connectivity index (χ0n) is 10.5. The van der Waals surface area contributed by atoms with Gasteiger partial charge in [0.2, 0.25) is 0 Å². The van der Waals surface area contributed by atoms with Crippen molar-refractivity contribution >= 4 is 33.9 Å². The molecule has 96 valence electrons. The molecule has 2 aromatic rings. The molecule has 0 atom stereocenters. The number of aryl methyl sites for hydroxylation is 1. The normalized spacial score (nSPS) is 17.3. The Kier molecular flexibility index (Phi) is 2.93. The Morgan fingerprint density at radius 3 is 2.89 bits per heavy atom. The maximum Gasteiger partial charge on any atom is 0.150 e. The van der Waals surface area contributed by atoms with E-state index in [9.17, 15) is 0 Å². The lowest BCUT2D eigenvalue weighted by Crippen LogP contribution is -2.44. The SMILES string of the molecule is Cc1nc(I)c2c(N)ncc(CC3CN(C)C3)n12. The zero-order chi connectivity index (χ0) is 12.9. The van der Waals surface area contributed by atoms with Crippen molar-refractivity contribution in [1.82, 2.24) is 19.3 Å². The van der Waals surface area contributed by atoms with Crippen LogP contribution in [0.1, 0.15) is 11.5 Å². The molecule has 1 saturated heterocycles. The molecule has 0 unspecified atom stereocenters. The van der Waals surface area contributed by atoms with Crippen LogP contribution in [-0.2, 0) is 6.42 Å². The van der Waals surface area contributed by atoms with Crippen molar-refractivity contribution in [3.63, 3.8) is 0 Å². The van der Waals surface area contributed by atoms with Crippen LogP contribution in [0.3, 0.4) is 0 Å². The predicted molar refractivity (Wildman–Crippen MR) is 79.5 cm³/mol. The van der Waals surface area contributed by atoms with Crippen LogP contribution in [-0.4, -0.2) is 39.4 Å². The summed E-state index contributed by atoms with van der Waals surface area (Å²) in [6.07, 6.45) is 2.94. The molecule has 0 bridgehead atoms. The Morgan fingerprint density at radius 2 is 2.22 bits per heavy atom. The number of likely N-dealkylation sites (tertiary alicyclic amines) is 1. The lowest BCUT2D eigenvalue weighted by molar-refractivity contribution is 0.133. The quantitative estimate of drug-likeness (QED) is 0.824. The second-order valence-electron chi connectivity index (χ2n) is 5.06. The molecule has 0 aromatic carbocycles. The summed E-state index contributed by atoms with van der Waals surface area (Å²) in [5.41, 5.74) is 8.12. The maximum atomic E-state index is 5.95. The summed E-state index contributed by atoms with van der Waals surface area (Å²) in [5.74, 6) is 2.28. The van der Waals surface area contributed by atoms with E-state index in [4.69, 9.17) is 5.73 Å². The topological polar surface area (TPSA) is 59.5 Å². The van der Waals surface area contributed by atoms with Gasteiger partial charge < -0.3 is 10.6 Å². The number of aromatic nitrogens is 3. The minimum atomic E-state index is 0.564. The Bertz CT molecular complexity index is 600. The summed E-state index contributed by atoms with van der Waals surface area (Å²) < 4.78 is 3.09. The van der Waals surface area contributed by atoms with Crippen LogP contribution in [0.15, 0.2) is 6.20 Å². The standard InChI is InChI=1S/C12H16IN5/c1-7-16-11(13)10-12(14)15-4-9(18(7)10)3-8-5-17(2)6-8/h4,8H,3,5-6H2,1-2H3,(H2,14,15). The lowest BCUT2D eigenvalue weighted by atomic mass is 9.95. The van der Waals surface area contributed by atoms with Gasteiger partial charge >= 0.3 is 0 Å². The van der Waals surface area contributed by atoms with Gasteiger partial charge in [0.15, 0.2) is 5.82 Å². The van der Waals surface area contributed by atoms with Gasteiger partial charge in [-0.15, -0.1) is 0 Å². The van der Waals surface area contributed by atoms with Gasteiger partial charge in [0.1, 0.15) is 15.0 Å². The number of hydrogen-bond acceptors (Lipinski definition) is 4. The predicted octanol–water partition coefficient (Wildman–Crippen LogP) is 1.33. The molecule has 5 nitrogen and oxygen atoms in total. The number of imidazole rings is 1. The highest BCUT2D eigenvalue weighted by Gasteiger charge is 2.25. The molecule has 0 aliphatic carbocycles. The van der Waals surface area contributed by atoms with Gasteiger partial charge in [-0.2, -0.15) is 0 Å². The third-order valence-electron chi connectivity index (χ3n) is 3.52. The van der Waals surface area contributed by atoms with Gasteiger partial charge in [0.25, 0.3) is 0 Å². The summed E-state index contributed by atoms with van der Waals surface area (Å²) in [7, 11) is 2.15. The monoisotopic (exact) mass is 357 g/mol. The second-order valence-corrected chi connectivity index (χ2v) is 6.08. The minimum Gasteiger partial charge on any atom is -0.382 e. The second kappa shape index (κ2) is 4.34. The molecular formula is C12H16IN5. The lowest BCUT2D eigenvalue weighted by Gasteiger charge is -2.36. The fourth-order valence-corrected chi connectivity index (χ4v) is 3.60. The molecule has 6 heteroatoms. The number of hydrogen-bond donors (Lipinski definition) is 1. The number of fused-ring (bicyclic) bond motifs is 1. The summed E-state index contributed by atoms with van der Waals surface area (Å²) in [4.78, 5) is 11.1. The number of halogens is 1. The smallest absolute Gasteiger partial charge is 0.150 e. The molecule has 1 fully saturated rings. The van der Waals surface area contributed by atoms with Crippen molar-refractivity contribution in [1.29, 1.82) is 0 Å². The molecular weight excluding hydrogens is 341 g/mol. The maximum absolute atomic E-state index is 5.95. The van der Waals surface area contributed by atoms with Gasteiger partial charge in [-0.05, 0) is 48.9 Å². The van der Waals surface area contributed by atoms with Gasteiger partial charge in [-0.25, -0.2) is 9.97 Å². The highest BCUT2D eigenvalue weighted by molar-refractivity contribution is 14.1.